The lowest BCUT2D eigenvalue weighted by atomic mass is 10.2. The Kier molecular flexibility index (Phi) is 4.84. The van der Waals surface area contributed by atoms with Crippen LogP contribution in [-0.2, 0) is 14.4 Å². The van der Waals surface area contributed by atoms with Crippen LogP contribution < -0.4 is 19.7 Å². The molecule has 0 unspecified atom stereocenters. The molecule has 1 fully saturated rings. The summed E-state index contributed by atoms with van der Waals surface area (Å²) in [6.45, 7) is 1.31. The Balaban J connectivity index is 1.41. The summed E-state index contributed by atoms with van der Waals surface area (Å²) in [6, 6.07) is 14.1. The zero-order valence-corrected chi connectivity index (χ0v) is 15.1. The first-order valence-electron chi connectivity index (χ1n) is 8.97. The number of hydrogen-bond acceptors (Lipinski definition) is 5. The van der Waals surface area contributed by atoms with Crippen LogP contribution in [0.15, 0.2) is 48.5 Å². The first-order valence-corrected chi connectivity index (χ1v) is 8.97. The van der Waals surface area contributed by atoms with Gasteiger partial charge >= 0.3 is 11.8 Å². The smallest absolute Gasteiger partial charge is 0.316 e. The highest BCUT2D eigenvalue weighted by Gasteiger charge is 2.34. The molecule has 3 amide bonds. The van der Waals surface area contributed by atoms with Gasteiger partial charge in [-0.05, 0) is 24.3 Å². The average molecular weight is 381 g/mol. The molecule has 4 rings (SSSR count). The van der Waals surface area contributed by atoms with Gasteiger partial charge in [-0.2, -0.15) is 0 Å². The van der Waals surface area contributed by atoms with Gasteiger partial charge in [0.05, 0.1) is 0 Å². The Morgan fingerprint density at radius 3 is 2.46 bits per heavy atom. The maximum absolute atomic E-state index is 12.6. The third kappa shape index (κ3) is 3.62. The predicted octanol–water partition coefficient (Wildman–Crippen LogP) is 1.27. The van der Waals surface area contributed by atoms with E-state index in [1.165, 1.54) is 9.80 Å². The van der Waals surface area contributed by atoms with Gasteiger partial charge in [-0.25, -0.2) is 0 Å². The first-order chi connectivity index (χ1) is 13.6. The normalized spacial score (nSPS) is 16.1. The fourth-order valence-corrected chi connectivity index (χ4v) is 3.17. The van der Waals surface area contributed by atoms with Gasteiger partial charge in [-0.1, -0.05) is 18.2 Å². The molecule has 2 aromatic carbocycles. The number of nitrogens with one attached hydrogen (secondary N) is 1. The molecule has 2 aliphatic rings. The molecule has 0 aliphatic carbocycles. The molecule has 0 aromatic heterocycles. The molecule has 2 aromatic rings. The molecule has 0 saturated carbocycles. The first kappa shape index (κ1) is 17.8. The quantitative estimate of drug-likeness (QED) is 0.806. The lowest BCUT2D eigenvalue weighted by Gasteiger charge is -2.33. The highest BCUT2D eigenvalue weighted by atomic mass is 16.6. The molecule has 28 heavy (non-hydrogen) atoms. The van der Waals surface area contributed by atoms with Gasteiger partial charge in [0.2, 0.25) is 5.91 Å². The predicted molar refractivity (Wildman–Crippen MR) is 101 cm³/mol. The van der Waals surface area contributed by atoms with Crippen LogP contribution in [0.2, 0.25) is 0 Å². The van der Waals surface area contributed by atoms with E-state index in [4.69, 9.17) is 9.47 Å². The van der Waals surface area contributed by atoms with Crippen molar-refractivity contribution in [2.45, 2.75) is 0 Å². The number of anilines is 2. The van der Waals surface area contributed by atoms with Gasteiger partial charge in [-0.3, -0.25) is 14.4 Å². The van der Waals surface area contributed by atoms with Gasteiger partial charge in [-0.15, -0.1) is 0 Å². The molecule has 8 heteroatoms. The minimum absolute atomic E-state index is 0.172. The minimum atomic E-state index is -0.704. The van der Waals surface area contributed by atoms with E-state index in [1.54, 1.807) is 42.5 Å². The monoisotopic (exact) mass is 381 g/mol. The van der Waals surface area contributed by atoms with E-state index in [0.29, 0.717) is 42.6 Å². The molecule has 0 atom stereocenters. The van der Waals surface area contributed by atoms with Crippen LogP contribution in [-0.4, -0.2) is 55.5 Å². The molecule has 8 nitrogen and oxygen atoms in total. The van der Waals surface area contributed by atoms with E-state index < -0.39 is 11.8 Å². The molecule has 2 aliphatic heterocycles. The third-order valence-corrected chi connectivity index (χ3v) is 4.54. The van der Waals surface area contributed by atoms with Crippen molar-refractivity contribution < 1.29 is 23.9 Å². The van der Waals surface area contributed by atoms with Crippen molar-refractivity contribution in [3.8, 4) is 11.5 Å². The molecule has 0 bridgehead atoms. The van der Waals surface area contributed by atoms with Crippen LogP contribution in [0.4, 0.5) is 11.4 Å². The lowest BCUT2D eigenvalue weighted by Crippen LogP contribution is -2.56. The van der Waals surface area contributed by atoms with E-state index in [-0.39, 0.29) is 19.0 Å². The van der Waals surface area contributed by atoms with Gasteiger partial charge in [0.1, 0.15) is 19.8 Å². The van der Waals surface area contributed by atoms with E-state index in [1.807, 2.05) is 6.07 Å². The van der Waals surface area contributed by atoms with Crippen LogP contribution in [0.3, 0.4) is 0 Å². The number of carbonyl (C=O) groups is 3. The van der Waals surface area contributed by atoms with Crippen LogP contribution in [0, 0.1) is 0 Å². The maximum atomic E-state index is 12.6. The van der Waals surface area contributed by atoms with E-state index >= 15 is 0 Å². The summed E-state index contributed by atoms with van der Waals surface area (Å²) in [7, 11) is 0. The highest BCUT2D eigenvalue weighted by Crippen LogP contribution is 2.34. The number of carbonyl (C=O) groups excluding carboxylic acids is 3. The summed E-state index contributed by atoms with van der Waals surface area (Å²) >= 11 is 0. The van der Waals surface area contributed by atoms with Crippen molar-refractivity contribution in [1.82, 2.24) is 4.90 Å². The van der Waals surface area contributed by atoms with E-state index in [2.05, 4.69) is 5.32 Å². The summed E-state index contributed by atoms with van der Waals surface area (Å²) in [5, 5.41) is 2.71. The van der Waals surface area contributed by atoms with Gasteiger partial charge in [0.15, 0.2) is 11.5 Å². The topological polar surface area (TPSA) is 88.2 Å². The largest absolute Gasteiger partial charge is 0.486 e. The van der Waals surface area contributed by atoms with Gasteiger partial charge in [0, 0.05) is 30.5 Å². The molecular formula is C20H19N3O5. The van der Waals surface area contributed by atoms with E-state index in [9.17, 15) is 14.4 Å². The van der Waals surface area contributed by atoms with Gasteiger partial charge < -0.3 is 24.6 Å². The summed E-state index contributed by atoms with van der Waals surface area (Å²) in [4.78, 5) is 39.9. The Bertz CT molecular complexity index is 915. The summed E-state index contributed by atoms with van der Waals surface area (Å²) in [6.07, 6.45) is 0. The van der Waals surface area contributed by atoms with Crippen molar-refractivity contribution >= 4 is 29.1 Å². The Labute approximate surface area is 161 Å². The molecule has 144 valence electrons. The van der Waals surface area contributed by atoms with E-state index in [0.717, 1.165) is 0 Å². The number of hydrogen-bond donors (Lipinski definition) is 1. The average Bonchev–Trinajstić information content (AvgIpc) is 2.72. The Morgan fingerprint density at radius 2 is 1.68 bits per heavy atom. The number of nitrogens with zero attached hydrogens (tertiary/aromatic N) is 2. The fraction of sp³-hybridized carbons (Fsp3) is 0.250. The zero-order chi connectivity index (χ0) is 19.5. The molecule has 1 N–H and O–H groups in total. The lowest BCUT2D eigenvalue weighted by molar-refractivity contribution is -0.147. The fourth-order valence-electron chi connectivity index (χ4n) is 3.17. The standard InChI is InChI=1S/C20H19N3O5/c24-18(21-14-4-2-1-3-5-14)13-22-8-9-23(20(26)19(22)25)15-6-7-16-17(12-15)28-11-10-27-16/h1-7,12H,8-11,13H2,(H,21,24). The second-order valence-electron chi connectivity index (χ2n) is 6.43. The maximum Gasteiger partial charge on any atom is 0.316 e. The third-order valence-electron chi connectivity index (χ3n) is 4.54. The number of amides is 3. The van der Waals surface area contributed by atoms with Crippen molar-refractivity contribution in [3.63, 3.8) is 0 Å². The SMILES string of the molecule is O=C(CN1CCN(c2ccc3c(c2)OCCO3)C(=O)C1=O)Nc1ccccc1. The molecule has 0 radical (unpaired) electrons. The molecule has 1 saturated heterocycles. The number of rotatable bonds is 4. The number of ether oxygens (including phenoxy) is 2. The summed E-state index contributed by atoms with van der Waals surface area (Å²) < 4.78 is 11.0. The van der Waals surface area contributed by atoms with Crippen LogP contribution in [0.5, 0.6) is 11.5 Å². The number of para-hydroxylation sites is 1. The van der Waals surface area contributed by atoms with Crippen molar-refractivity contribution in [2.75, 3.05) is 43.1 Å². The minimum Gasteiger partial charge on any atom is -0.486 e. The van der Waals surface area contributed by atoms with Crippen LogP contribution in [0.1, 0.15) is 0 Å². The second-order valence-corrected chi connectivity index (χ2v) is 6.43. The molecule has 2 heterocycles. The summed E-state index contributed by atoms with van der Waals surface area (Å²) in [5.74, 6) is -0.557. The Hall–Kier alpha value is -3.55. The number of fused-ring (bicyclic) bond motifs is 1. The molecular weight excluding hydrogens is 362 g/mol. The van der Waals surface area contributed by atoms with Crippen molar-refractivity contribution in [3.05, 3.63) is 48.5 Å². The Morgan fingerprint density at radius 1 is 0.929 bits per heavy atom. The highest BCUT2D eigenvalue weighted by molar-refractivity contribution is 6.41. The van der Waals surface area contributed by atoms with Crippen molar-refractivity contribution in [1.29, 1.82) is 0 Å². The number of benzene rings is 2. The van der Waals surface area contributed by atoms with Crippen molar-refractivity contribution in [2.24, 2.45) is 0 Å². The zero-order valence-electron chi connectivity index (χ0n) is 15.1. The van der Waals surface area contributed by atoms with Crippen LogP contribution in [0.25, 0.3) is 0 Å². The van der Waals surface area contributed by atoms with Gasteiger partial charge in [0.25, 0.3) is 0 Å². The second kappa shape index (κ2) is 7.59. The summed E-state index contributed by atoms with van der Waals surface area (Å²) in [5.41, 5.74) is 1.21. The number of piperazine rings is 1. The van der Waals surface area contributed by atoms with Crippen LogP contribution >= 0.6 is 0 Å². The molecule has 0 spiro atoms.